The summed E-state index contributed by atoms with van der Waals surface area (Å²) in [5, 5.41) is 20.0. The molecule has 0 bridgehead atoms. The fourth-order valence-corrected chi connectivity index (χ4v) is 9.65. The van der Waals surface area contributed by atoms with Crippen molar-refractivity contribution in [3.05, 3.63) is 80.8 Å². The van der Waals surface area contributed by atoms with Crippen molar-refractivity contribution in [2.45, 2.75) is 111 Å². The number of carbonyl (C=O) groups excluding carboxylic acids is 1. The SMILES string of the molecule is Cc1cc(N(CCCC#C[Si](C)(C)C)c2nc(C(=O)O)c(CCCOc3ccc(C#CCN(C)C(=O)OC(C)(C)C)cc3F)s2)nnc1/N=c1\sc2ccccc2n1COCC[Si](C)(C)C. The van der Waals surface area contributed by atoms with E-state index in [9.17, 15) is 14.7 Å². The van der Waals surface area contributed by atoms with Gasteiger partial charge in [-0.3, -0.25) is 4.57 Å². The van der Waals surface area contributed by atoms with Gasteiger partial charge in [-0.15, -0.1) is 33.0 Å². The fraction of sp³-hybridized carbons (Fsp3) is 0.458. The third kappa shape index (κ3) is 15.9. The molecule has 5 rings (SSSR count). The van der Waals surface area contributed by atoms with E-state index in [1.807, 2.05) is 30.0 Å². The van der Waals surface area contributed by atoms with E-state index in [1.165, 1.54) is 28.4 Å². The number of aryl methyl sites for hydroxylation is 2. The Bertz CT molecular complexity index is 2690. The van der Waals surface area contributed by atoms with Gasteiger partial charge >= 0.3 is 12.1 Å². The molecule has 5 aromatic rings. The fourth-order valence-electron chi connectivity index (χ4n) is 6.09. The average Bonchev–Trinajstić information content (AvgIpc) is 3.80. The molecule has 352 valence electrons. The maximum Gasteiger partial charge on any atom is 0.410 e. The van der Waals surface area contributed by atoms with Gasteiger partial charge < -0.3 is 29.1 Å². The zero-order valence-corrected chi connectivity index (χ0v) is 43.6. The lowest BCUT2D eigenvalue weighted by Gasteiger charge is -2.23. The van der Waals surface area contributed by atoms with Crippen LogP contribution in [0, 0.1) is 36.0 Å². The van der Waals surface area contributed by atoms with Gasteiger partial charge in [0, 0.05) is 45.1 Å². The van der Waals surface area contributed by atoms with Gasteiger partial charge in [0.1, 0.15) is 20.4 Å². The summed E-state index contributed by atoms with van der Waals surface area (Å²) in [6.45, 7) is 22.7. The number of hydrogen-bond donors (Lipinski definition) is 1. The van der Waals surface area contributed by atoms with Gasteiger partial charge in [-0.05, 0) is 95.0 Å². The number of hydrogen-bond acceptors (Lipinski definition) is 12. The molecule has 66 heavy (non-hydrogen) atoms. The largest absolute Gasteiger partial charge is 0.491 e. The number of carboxylic acid groups (broad SMARTS) is 1. The summed E-state index contributed by atoms with van der Waals surface area (Å²) in [7, 11) is -1.24. The summed E-state index contributed by atoms with van der Waals surface area (Å²) in [5.41, 5.74) is 4.99. The quantitative estimate of drug-likeness (QED) is 0.0512. The first-order valence-corrected chi connectivity index (χ1v) is 30.8. The van der Waals surface area contributed by atoms with E-state index >= 15 is 4.39 Å². The lowest BCUT2D eigenvalue weighted by molar-refractivity contribution is 0.0320. The first kappa shape index (κ1) is 51.6. The number of aromatic nitrogens is 4. The highest BCUT2D eigenvalue weighted by atomic mass is 32.1. The molecule has 0 aliphatic rings. The van der Waals surface area contributed by atoms with E-state index in [0.717, 1.165) is 26.6 Å². The summed E-state index contributed by atoms with van der Waals surface area (Å²) in [5.74, 6) is 8.37. The summed E-state index contributed by atoms with van der Waals surface area (Å²) >= 11 is 2.84. The molecule has 0 fully saturated rings. The third-order valence-corrected chi connectivity index (χ3v) is 14.3. The van der Waals surface area contributed by atoms with Crippen molar-refractivity contribution >= 4 is 77.9 Å². The average molecular weight is 972 g/mol. The van der Waals surface area contributed by atoms with Crippen molar-refractivity contribution < 1.29 is 33.3 Å². The second kappa shape index (κ2) is 22.9. The van der Waals surface area contributed by atoms with Crippen LogP contribution in [0.2, 0.25) is 45.3 Å². The van der Waals surface area contributed by atoms with Gasteiger partial charge in [-0.25, -0.2) is 19.0 Å². The maximum atomic E-state index is 15.0. The normalized spacial score (nSPS) is 12.0. The minimum absolute atomic E-state index is 0.0513. The number of anilines is 2. The van der Waals surface area contributed by atoms with Crippen LogP contribution >= 0.6 is 22.7 Å². The Hall–Kier alpha value is -5.38. The smallest absolute Gasteiger partial charge is 0.410 e. The van der Waals surface area contributed by atoms with Gasteiger partial charge in [0.2, 0.25) is 0 Å². The first-order chi connectivity index (χ1) is 31.1. The van der Waals surface area contributed by atoms with Crippen LogP contribution in [0.4, 0.5) is 26.0 Å². The van der Waals surface area contributed by atoms with Crippen LogP contribution in [0.25, 0.3) is 10.2 Å². The molecule has 0 saturated heterocycles. The Balaban J connectivity index is 1.33. The number of ether oxygens (including phenoxy) is 3. The number of aromatic carboxylic acids is 1. The van der Waals surface area contributed by atoms with E-state index < -0.39 is 39.6 Å². The molecule has 13 nitrogen and oxygen atoms in total. The molecule has 2 aromatic carbocycles. The maximum absolute atomic E-state index is 15.0. The van der Waals surface area contributed by atoms with Gasteiger partial charge in [-0.1, -0.05) is 74.6 Å². The number of rotatable bonds is 18. The molecule has 3 heterocycles. The molecule has 0 aliphatic heterocycles. The summed E-state index contributed by atoms with van der Waals surface area (Å²) in [6, 6.07) is 15.5. The summed E-state index contributed by atoms with van der Waals surface area (Å²) < 4.78 is 35.5. The number of nitrogens with zero attached hydrogens (tertiary/aromatic N) is 7. The molecule has 0 spiro atoms. The van der Waals surface area contributed by atoms with E-state index in [1.54, 1.807) is 45.2 Å². The van der Waals surface area contributed by atoms with Crippen molar-refractivity contribution in [1.29, 1.82) is 0 Å². The number of para-hydroxylation sites is 1. The predicted molar refractivity (Wildman–Crippen MR) is 268 cm³/mol. The van der Waals surface area contributed by atoms with Gasteiger partial charge in [0.25, 0.3) is 0 Å². The molecular weight excluding hydrogens is 910 g/mol. The molecule has 0 radical (unpaired) electrons. The molecule has 1 amide bonds. The number of fused-ring (bicyclic) bond motifs is 1. The van der Waals surface area contributed by atoms with Crippen molar-refractivity contribution in [3.63, 3.8) is 0 Å². The van der Waals surface area contributed by atoms with Crippen LogP contribution < -0.4 is 14.4 Å². The Morgan fingerprint density at radius 3 is 2.42 bits per heavy atom. The van der Waals surface area contributed by atoms with Crippen molar-refractivity contribution in [2.75, 3.05) is 38.3 Å². The van der Waals surface area contributed by atoms with Crippen molar-refractivity contribution in [2.24, 2.45) is 4.99 Å². The predicted octanol–water partition coefficient (Wildman–Crippen LogP) is 10.7. The van der Waals surface area contributed by atoms with Gasteiger partial charge in [-0.2, -0.15) is 4.99 Å². The molecule has 0 saturated carbocycles. The monoisotopic (exact) mass is 971 g/mol. The summed E-state index contributed by atoms with van der Waals surface area (Å²) in [6.07, 6.45) is 1.59. The third-order valence-electron chi connectivity index (χ3n) is 9.49. The Morgan fingerprint density at radius 2 is 1.74 bits per heavy atom. The standard InChI is InChI=1S/C48H62FN7O6S2Si2/c1-34-31-41(52-53-43(34)51-46-56(33-60-28-30-66(9,10)11)37-20-13-14-21-39(37)63-46)55(26-15-12-16-29-65(6,7)8)45-50-42(44(57)58)40(64-45)22-18-27-61-38-24-23-35(32-36(38)49)19-17-25-54(5)47(59)62-48(2,3)4/h13-14,20-21,23-24,31-32H,12,15,18,22,25-28,30,33H2,1-11H3,(H,57,58)/b51-46-. The lowest BCUT2D eigenvalue weighted by Crippen LogP contribution is -2.34. The number of halogens is 1. The van der Waals surface area contributed by atoms with Crippen LogP contribution in [0.5, 0.6) is 5.75 Å². The highest BCUT2D eigenvalue weighted by molar-refractivity contribution is 7.16. The molecule has 1 N–H and O–H groups in total. The zero-order chi connectivity index (χ0) is 48.2. The van der Waals surface area contributed by atoms with E-state index in [4.69, 9.17) is 19.2 Å². The van der Waals surface area contributed by atoms with E-state index in [0.29, 0.717) is 72.8 Å². The minimum Gasteiger partial charge on any atom is -0.491 e. The minimum atomic E-state index is -1.56. The Labute approximate surface area is 398 Å². The van der Waals surface area contributed by atoms with Crippen LogP contribution in [-0.2, 0) is 22.6 Å². The molecule has 0 atom stereocenters. The summed E-state index contributed by atoms with van der Waals surface area (Å²) in [4.78, 5) is 38.9. The zero-order valence-electron chi connectivity index (χ0n) is 40.0. The number of benzene rings is 2. The topological polar surface area (TPSA) is 144 Å². The Morgan fingerprint density at radius 1 is 0.985 bits per heavy atom. The van der Waals surface area contributed by atoms with Gasteiger partial charge in [0.05, 0.1) is 23.4 Å². The van der Waals surface area contributed by atoms with Gasteiger partial charge in [0.15, 0.2) is 38.8 Å². The second-order valence-corrected chi connectivity index (χ2v) is 31.5. The molecule has 0 unspecified atom stereocenters. The Kier molecular flexibility index (Phi) is 17.9. The van der Waals surface area contributed by atoms with Crippen molar-refractivity contribution in [3.8, 4) is 29.1 Å². The number of carboxylic acids is 1. The molecular formula is C48H62FN7O6S2Si2. The number of thiazole rings is 2. The molecule has 18 heteroatoms. The number of amides is 1. The molecule has 3 aromatic heterocycles. The van der Waals surface area contributed by atoms with E-state index in [-0.39, 0.29) is 24.6 Å². The van der Waals surface area contributed by atoms with Crippen LogP contribution in [0.1, 0.15) is 66.5 Å². The van der Waals surface area contributed by atoms with Crippen LogP contribution in [0.15, 0.2) is 53.5 Å². The number of unbranched alkanes of at least 4 members (excludes halogenated alkanes) is 1. The van der Waals surface area contributed by atoms with E-state index in [2.05, 4.69) is 94.5 Å². The van der Waals surface area contributed by atoms with Crippen LogP contribution in [0.3, 0.4) is 0 Å². The molecule has 0 aliphatic carbocycles. The highest BCUT2D eigenvalue weighted by Gasteiger charge is 2.24. The first-order valence-electron chi connectivity index (χ1n) is 22.0. The van der Waals surface area contributed by atoms with Crippen molar-refractivity contribution in [1.82, 2.24) is 24.6 Å². The highest BCUT2D eigenvalue weighted by Crippen LogP contribution is 2.34. The second-order valence-electron chi connectivity index (χ2n) is 19.1. The lowest BCUT2D eigenvalue weighted by atomic mass is 10.2. The number of carbonyl (C=O) groups is 2. The van der Waals surface area contributed by atoms with Crippen LogP contribution in [-0.4, -0.2) is 96.9 Å².